The van der Waals surface area contributed by atoms with Gasteiger partial charge in [-0.25, -0.2) is 4.39 Å². The van der Waals surface area contributed by atoms with Gasteiger partial charge in [0.25, 0.3) is 0 Å². The minimum Gasteiger partial charge on any atom is -0.454 e. The van der Waals surface area contributed by atoms with Gasteiger partial charge < -0.3 is 10.5 Å². The molecule has 3 heteroatoms. The van der Waals surface area contributed by atoms with Crippen molar-refractivity contribution in [2.75, 3.05) is 6.54 Å². The molecule has 2 aromatic carbocycles. The van der Waals surface area contributed by atoms with Crippen LogP contribution in [0.5, 0.6) is 11.5 Å². The molecule has 112 valence electrons. The third kappa shape index (κ3) is 3.82. The number of rotatable bonds is 5. The number of aryl methyl sites for hydroxylation is 1. The molecule has 0 radical (unpaired) electrons. The highest BCUT2D eigenvalue weighted by Gasteiger charge is 2.08. The molecule has 2 rings (SSSR count). The van der Waals surface area contributed by atoms with Crippen LogP contribution < -0.4 is 10.5 Å². The topological polar surface area (TPSA) is 35.2 Å². The van der Waals surface area contributed by atoms with Gasteiger partial charge in [0.2, 0.25) is 0 Å². The monoisotopic (exact) mass is 287 g/mol. The molecule has 0 heterocycles. The number of ether oxygens (including phenoxy) is 1. The zero-order valence-corrected chi connectivity index (χ0v) is 12.8. The highest BCUT2D eigenvalue weighted by Crippen LogP contribution is 2.29. The van der Waals surface area contributed by atoms with Gasteiger partial charge in [0, 0.05) is 0 Å². The first-order valence-electron chi connectivity index (χ1n) is 7.28. The number of hydrogen-bond acceptors (Lipinski definition) is 2. The third-order valence-corrected chi connectivity index (χ3v) is 3.52. The Hall–Kier alpha value is -1.87. The second-order valence-corrected chi connectivity index (χ2v) is 5.58. The summed E-state index contributed by atoms with van der Waals surface area (Å²) in [4.78, 5) is 0. The minimum absolute atomic E-state index is 0.243. The van der Waals surface area contributed by atoms with Crippen LogP contribution in [0.15, 0.2) is 36.4 Å². The van der Waals surface area contributed by atoms with E-state index in [4.69, 9.17) is 10.5 Å². The van der Waals surface area contributed by atoms with Crippen molar-refractivity contribution in [3.63, 3.8) is 0 Å². The Kier molecular flexibility index (Phi) is 4.97. The predicted octanol–water partition coefficient (Wildman–Crippen LogP) is 4.55. The molecule has 0 aliphatic carbocycles. The average Bonchev–Trinajstić information content (AvgIpc) is 2.42. The first kappa shape index (κ1) is 15.5. The van der Waals surface area contributed by atoms with Crippen molar-refractivity contribution < 1.29 is 9.13 Å². The summed E-state index contributed by atoms with van der Waals surface area (Å²) in [5.74, 6) is 1.01. The summed E-state index contributed by atoms with van der Waals surface area (Å²) in [5.41, 5.74) is 8.79. The van der Waals surface area contributed by atoms with E-state index in [9.17, 15) is 4.39 Å². The van der Waals surface area contributed by atoms with Gasteiger partial charge in [-0.15, -0.1) is 0 Å². The van der Waals surface area contributed by atoms with E-state index in [2.05, 4.69) is 13.8 Å². The first-order chi connectivity index (χ1) is 10.0. The summed E-state index contributed by atoms with van der Waals surface area (Å²) in [6, 6.07) is 10.9. The van der Waals surface area contributed by atoms with Crippen molar-refractivity contribution in [2.24, 2.45) is 5.73 Å². The van der Waals surface area contributed by atoms with Crippen LogP contribution in [0, 0.1) is 12.7 Å². The first-order valence-corrected chi connectivity index (χ1v) is 7.28. The molecule has 0 aliphatic heterocycles. The summed E-state index contributed by atoms with van der Waals surface area (Å²) in [5, 5.41) is 0. The minimum atomic E-state index is -0.355. The van der Waals surface area contributed by atoms with Crippen molar-refractivity contribution in [1.29, 1.82) is 0 Å². The molecule has 0 amide bonds. The average molecular weight is 287 g/mol. The van der Waals surface area contributed by atoms with E-state index in [1.54, 1.807) is 6.07 Å². The van der Waals surface area contributed by atoms with Crippen molar-refractivity contribution in [1.82, 2.24) is 0 Å². The smallest absolute Gasteiger partial charge is 0.165 e. The Bertz CT molecular complexity index is 623. The molecule has 0 unspecified atom stereocenters. The normalized spacial score (nSPS) is 11.0. The largest absolute Gasteiger partial charge is 0.454 e. The zero-order valence-electron chi connectivity index (χ0n) is 12.8. The summed E-state index contributed by atoms with van der Waals surface area (Å²) >= 11 is 0. The highest BCUT2D eigenvalue weighted by molar-refractivity contribution is 5.40. The van der Waals surface area contributed by atoms with Gasteiger partial charge in [-0.1, -0.05) is 26.0 Å². The van der Waals surface area contributed by atoms with E-state index >= 15 is 0 Å². The fourth-order valence-electron chi connectivity index (χ4n) is 2.44. The van der Waals surface area contributed by atoms with E-state index < -0.39 is 0 Å². The van der Waals surface area contributed by atoms with Crippen LogP contribution in [0.1, 0.15) is 36.5 Å². The molecule has 0 fully saturated rings. The van der Waals surface area contributed by atoms with E-state index in [1.165, 1.54) is 11.6 Å². The SMILES string of the molecule is Cc1cc(Oc2ccc(CCN)cc2F)ccc1C(C)C. The van der Waals surface area contributed by atoms with Crippen LogP contribution in [0.4, 0.5) is 4.39 Å². The Labute approximate surface area is 125 Å². The number of benzene rings is 2. The van der Waals surface area contributed by atoms with E-state index in [-0.39, 0.29) is 11.6 Å². The fourth-order valence-corrected chi connectivity index (χ4v) is 2.44. The van der Waals surface area contributed by atoms with Gasteiger partial charge in [0.1, 0.15) is 5.75 Å². The molecular formula is C18H22FNO. The second-order valence-electron chi connectivity index (χ2n) is 5.58. The third-order valence-electron chi connectivity index (χ3n) is 3.52. The number of hydrogen-bond donors (Lipinski definition) is 1. The van der Waals surface area contributed by atoms with Gasteiger partial charge in [0.15, 0.2) is 11.6 Å². The Morgan fingerprint density at radius 1 is 1.14 bits per heavy atom. The lowest BCUT2D eigenvalue weighted by atomic mass is 9.98. The lowest BCUT2D eigenvalue weighted by Crippen LogP contribution is -2.03. The highest BCUT2D eigenvalue weighted by atomic mass is 19.1. The van der Waals surface area contributed by atoms with Crippen LogP contribution in [0.3, 0.4) is 0 Å². The quantitative estimate of drug-likeness (QED) is 0.875. The maximum atomic E-state index is 14.0. The van der Waals surface area contributed by atoms with Gasteiger partial charge in [0.05, 0.1) is 0 Å². The standard InChI is InChI=1S/C18H22FNO/c1-12(2)16-6-5-15(10-13(16)3)21-18-7-4-14(8-9-20)11-17(18)19/h4-7,10-12H,8-9,20H2,1-3H3. The fraction of sp³-hybridized carbons (Fsp3) is 0.333. The molecule has 2 aromatic rings. The summed E-state index contributed by atoms with van der Waals surface area (Å²) in [6.07, 6.45) is 0.666. The lowest BCUT2D eigenvalue weighted by Gasteiger charge is -2.13. The van der Waals surface area contributed by atoms with E-state index in [1.807, 2.05) is 31.2 Å². The Balaban J connectivity index is 2.20. The molecule has 0 aromatic heterocycles. The molecule has 0 saturated carbocycles. The second kappa shape index (κ2) is 6.72. The van der Waals surface area contributed by atoms with Crippen LogP contribution in [-0.4, -0.2) is 6.54 Å². The van der Waals surface area contributed by atoms with Gasteiger partial charge >= 0.3 is 0 Å². The maximum absolute atomic E-state index is 14.0. The molecule has 2 nitrogen and oxygen atoms in total. The summed E-state index contributed by atoms with van der Waals surface area (Å²) in [7, 11) is 0. The van der Waals surface area contributed by atoms with Gasteiger partial charge in [-0.05, 0) is 66.8 Å². The molecule has 0 bridgehead atoms. The zero-order chi connectivity index (χ0) is 15.4. The van der Waals surface area contributed by atoms with E-state index in [0.29, 0.717) is 24.6 Å². The predicted molar refractivity (Wildman–Crippen MR) is 84.5 cm³/mol. The molecular weight excluding hydrogens is 265 g/mol. The van der Waals surface area contributed by atoms with Gasteiger partial charge in [-0.2, -0.15) is 0 Å². The van der Waals surface area contributed by atoms with Crippen molar-refractivity contribution in [3.8, 4) is 11.5 Å². The van der Waals surface area contributed by atoms with Crippen molar-refractivity contribution >= 4 is 0 Å². The van der Waals surface area contributed by atoms with Crippen LogP contribution in [0.25, 0.3) is 0 Å². The molecule has 0 saturated heterocycles. The molecule has 2 N–H and O–H groups in total. The van der Waals surface area contributed by atoms with Crippen LogP contribution in [-0.2, 0) is 6.42 Å². The van der Waals surface area contributed by atoms with Crippen molar-refractivity contribution in [2.45, 2.75) is 33.1 Å². The molecule has 0 aliphatic rings. The number of halogens is 1. The lowest BCUT2D eigenvalue weighted by molar-refractivity contribution is 0.441. The van der Waals surface area contributed by atoms with Crippen LogP contribution in [0.2, 0.25) is 0 Å². The summed E-state index contributed by atoms with van der Waals surface area (Å²) < 4.78 is 19.7. The number of nitrogens with two attached hydrogens (primary N) is 1. The Morgan fingerprint density at radius 2 is 1.90 bits per heavy atom. The maximum Gasteiger partial charge on any atom is 0.165 e. The van der Waals surface area contributed by atoms with E-state index in [0.717, 1.165) is 11.1 Å². The van der Waals surface area contributed by atoms with Gasteiger partial charge in [-0.3, -0.25) is 0 Å². The molecule has 0 atom stereocenters. The summed E-state index contributed by atoms with van der Waals surface area (Å²) in [6.45, 7) is 6.86. The Morgan fingerprint density at radius 3 is 2.48 bits per heavy atom. The molecule has 0 spiro atoms. The van der Waals surface area contributed by atoms with Crippen LogP contribution >= 0.6 is 0 Å². The van der Waals surface area contributed by atoms with Crippen molar-refractivity contribution in [3.05, 3.63) is 58.9 Å². The molecule has 21 heavy (non-hydrogen) atoms.